The molecule has 0 aromatic heterocycles. The summed E-state index contributed by atoms with van der Waals surface area (Å²) in [6.07, 6.45) is 2.81. The van der Waals surface area contributed by atoms with Gasteiger partial charge in [-0.1, -0.05) is 20.8 Å². The molecule has 80 valence electrons. The zero-order valence-corrected chi connectivity index (χ0v) is 9.93. The van der Waals surface area contributed by atoms with Crippen LogP contribution >= 0.6 is 0 Å². The van der Waals surface area contributed by atoms with Gasteiger partial charge in [-0.25, -0.2) is 0 Å². The van der Waals surface area contributed by atoms with Gasteiger partial charge < -0.3 is 10.2 Å². The molecule has 0 unspecified atom stereocenters. The molecule has 1 rings (SSSR count). The van der Waals surface area contributed by atoms with Crippen LogP contribution in [-0.2, 0) is 0 Å². The van der Waals surface area contributed by atoms with Gasteiger partial charge >= 0.3 is 0 Å². The second kappa shape index (κ2) is 7.34. The molecule has 0 aromatic rings. The Bertz CT molecular complexity index is 109. The number of hydrogen-bond donors (Lipinski definition) is 1. The Balaban J connectivity index is 0.000000671. The fourth-order valence-corrected chi connectivity index (χ4v) is 1.69. The van der Waals surface area contributed by atoms with E-state index in [4.69, 9.17) is 0 Å². The summed E-state index contributed by atoms with van der Waals surface area (Å²) >= 11 is 0. The monoisotopic (exact) mass is 186 g/mol. The third-order valence-corrected chi connectivity index (χ3v) is 2.69. The smallest absolute Gasteiger partial charge is 0.0107 e. The highest BCUT2D eigenvalue weighted by molar-refractivity contribution is 4.83. The van der Waals surface area contributed by atoms with E-state index < -0.39 is 0 Å². The lowest BCUT2D eigenvalue weighted by Gasteiger charge is -2.39. The molecule has 0 aromatic carbocycles. The highest BCUT2D eigenvalue weighted by atomic mass is 15.1. The summed E-state index contributed by atoms with van der Waals surface area (Å²) in [7, 11) is 4.24. The predicted molar refractivity (Wildman–Crippen MR) is 60.1 cm³/mol. The Morgan fingerprint density at radius 3 is 2.23 bits per heavy atom. The minimum absolute atomic E-state index is 0.873. The first kappa shape index (κ1) is 12.9. The van der Waals surface area contributed by atoms with Gasteiger partial charge in [-0.15, -0.1) is 0 Å². The second-order valence-corrected chi connectivity index (χ2v) is 3.81. The zero-order chi connectivity index (χ0) is 10.3. The van der Waals surface area contributed by atoms with Crippen molar-refractivity contribution in [1.82, 2.24) is 10.2 Å². The lowest BCUT2D eigenvalue weighted by molar-refractivity contribution is 0.112. The van der Waals surface area contributed by atoms with Gasteiger partial charge in [0.05, 0.1) is 0 Å². The lowest BCUT2D eigenvalue weighted by Crippen LogP contribution is -2.43. The van der Waals surface area contributed by atoms with Gasteiger partial charge in [0.15, 0.2) is 0 Å². The first-order chi connectivity index (χ1) is 6.24. The van der Waals surface area contributed by atoms with Gasteiger partial charge in [0.2, 0.25) is 0 Å². The van der Waals surface area contributed by atoms with E-state index in [2.05, 4.69) is 24.2 Å². The highest BCUT2D eigenvalue weighted by Crippen LogP contribution is 2.29. The van der Waals surface area contributed by atoms with Crippen LogP contribution in [0.25, 0.3) is 0 Å². The maximum atomic E-state index is 3.17. The first-order valence-electron chi connectivity index (χ1n) is 5.59. The molecule has 1 N–H and O–H groups in total. The van der Waals surface area contributed by atoms with Gasteiger partial charge in [0, 0.05) is 19.1 Å². The van der Waals surface area contributed by atoms with Gasteiger partial charge in [0.1, 0.15) is 0 Å². The van der Waals surface area contributed by atoms with Crippen LogP contribution in [0.3, 0.4) is 0 Å². The van der Waals surface area contributed by atoms with Crippen molar-refractivity contribution in [2.75, 3.05) is 27.2 Å². The second-order valence-electron chi connectivity index (χ2n) is 3.81. The predicted octanol–water partition coefficient (Wildman–Crippen LogP) is 1.96. The molecule has 2 heteroatoms. The molecule has 0 spiro atoms. The van der Waals surface area contributed by atoms with E-state index in [0.717, 1.165) is 18.5 Å². The van der Waals surface area contributed by atoms with Crippen molar-refractivity contribution in [2.24, 2.45) is 5.92 Å². The number of hydrogen-bond acceptors (Lipinski definition) is 2. The van der Waals surface area contributed by atoms with Crippen LogP contribution in [0.1, 0.15) is 33.6 Å². The van der Waals surface area contributed by atoms with Crippen LogP contribution in [0.5, 0.6) is 0 Å². The highest BCUT2D eigenvalue weighted by Gasteiger charge is 2.27. The summed E-state index contributed by atoms with van der Waals surface area (Å²) in [5.74, 6) is 0.969. The minimum Gasteiger partial charge on any atom is -0.318 e. The standard InChI is InChI=1S/C9H20N2.C2H6/c1-8-6-9(7-8)11(3)5-4-10-2;1-2/h8-10H,4-7H2,1-3H3;1-2H3. The number of rotatable bonds is 4. The van der Waals surface area contributed by atoms with Crippen molar-refractivity contribution < 1.29 is 0 Å². The lowest BCUT2D eigenvalue weighted by atomic mass is 9.81. The Labute approximate surface area is 83.7 Å². The van der Waals surface area contributed by atoms with E-state index >= 15 is 0 Å². The summed E-state index contributed by atoms with van der Waals surface area (Å²) in [5.41, 5.74) is 0. The molecule has 1 aliphatic rings. The molecule has 0 heterocycles. The average molecular weight is 186 g/mol. The maximum absolute atomic E-state index is 3.17. The summed E-state index contributed by atoms with van der Waals surface area (Å²) in [5, 5.41) is 3.17. The molecule has 0 radical (unpaired) electrons. The van der Waals surface area contributed by atoms with Crippen LogP contribution in [0.15, 0.2) is 0 Å². The van der Waals surface area contributed by atoms with Gasteiger partial charge in [-0.05, 0) is 32.9 Å². The van der Waals surface area contributed by atoms with Crippen molar-refractivity contribution in [3.8, 4) is 0 Å². The van der Waals surface area contributed by atoms with Crippen molar-refractivity contribution >= 4 is 0 Å². The van der Waals surface area contributed by atoms with Crippen LogP contribution < -0.4 is 5.32 Å². The topological polar surface area (TPSA) is 15.3 Å². The van der Waals surface area contributed by atoms with E-state index in [1.54, 1.807) is 0 Å². The van der Waals surface area contributed by atoms with E-state index in [9.17, 15) is 0 Å². The molecule has 13 heavy (non-hydrogen) atoms. The molecule has 2 nitrogen and oxygen atoms in total. The van der Waals surface area contributed by atoms with E-state index in [1.165, 1.54) is 19.4 Å². The van der Waals surface area contributed by atoms with Gasteiger partial charge in [0.25, 0.3) is 0 Å². The third kappa shape index (κ3) is 4.63. The summed E-state index contributed by atoms with van der Waals surface area (Å²) < 4.78 is 0. The molecule has 0 aliphatic heterocycles. The van der Waals surface area contributed by atoms with E-state index in [-0.39, 0.29) is 0 Å². The molecule has 0 saturated heterocycles. The Morgan fingerprint density at radius 2 is 1.85 bits per heavy atom. The Morgan fingerprint density at radius 1 is 1.31 bits per heavy atom. The van der Waals surface area contributed by atoms with Crippen LogP contribution in [0, 0.1) is 5.92 Å². The molecular formula is C11H26N2. The van der Waals surface area contributed by atoms with Crippen molar-refractivity contribution in [3.63, 3.8) is 0 Å². The summed E-state index contributed by atoms with van der Waals surface area (Å²) in [6, 6.07) is 0.873. The first-order valence-corrected chi connectivity index (χ1v) is 5.59. The fraction of sp³-hybridized carbons (Fsp3) is 1.00. The van der Waals surface area contributed by atoms with Crippen molar-refractivity contribution in [1.29, 1.82) is 0 Å². The minimum atomic E-state index is 0.873. The number of nitrogens with one attached hydrogen (secondary N) is 1. The maximum Gasteiger partial charge on any atom is 0.0107 e. The number of nitrogens with zero attached hydrogens (tertiary/aromatic N) is 1. The van der Waals surface area contributed by atoms with Gasteiger partial charge in [-0.2, -0.15) is 0 Å². The Hall–Kier alpha value is -0.0800. The normalized spacial score (nSPS) is 26.3. The van der Waals surface area contributed by atoms with Crippen LogP contribution in [-0.4, -0.2) is 38.1 Å². The summed E-state index contributed by atoms with van der Waals surface area (Å²) in [4.78, 5) is 2.47. The average Bonchev–Trinajstić information content (AvgIpc) is 2.12. The largest absolute Gasteiger partial charge is 0.318 e. The fourth-order valence-electron chi connectivity index (χ4n) is 1.69. The van der Waals surface area contributed by atoms with Crippen molar-refractivity contribution in [2.45, 2.75) is 39.7 Å². The molecule has 1 aliphatic carbocycles. The van der Waals surface area contributed by atoms with E-state index in [0.29, 0.717) is 0 Å². The summed E-state index contributed by atoms with van der Waals surface area (Å²) in [6.45, 7) is 8.64. The van der Waals surface area contributed by atoms with Gasteiger partial charge in [-0.3, -0.25) is 0 Å². The van der Waals surface area contributed by atoms with Crippen LogP contribution in [0.2, 0.25) is 0 Å². The molecule has 0 bridgehead atoms. The van der Waals surface area contributed by atoms with Crippen LogP contribution in [0.4, 0.5) is 0 Å². The molecule has 0 amide bonds. The molecule has 0 atom stereocenters. The Kier molecular flexibility index (Phi) is 7.29. The number of likely N-dealkylation sites (N-methyl/N-ethyl adjacent to an activating group) is 2. The zero-order valence-electron chi connectivity index (χ0n) is 9.93. The quantitative estimate of drug-likeness (QED) is 0.722. The van der Waals surface area contributed by atoms with E-state index in [1.807, 2.05) is 20.9 Å². The third-order valence-electron chi connectivity index (χ3n) is 2.69. The van der Waals surface area contributed by atoms with Crippen molar-refractivity contribution in [3.05, 3.63) is 0 Å². The molecule has 1 fully saturated rings. The SMILES string of the molecule is CC.CNCCN(C)C1CC(C)C1. The molecule has 1 saturated carbocycles. The molecular weight excluding hydrogens is 160 g/mol.